The summed E-state index contributed by atoms with van der Waals surface area (Å²) in [6.45, 7) is 7.71. The first-order chi connectivity index (χ1) is 12.2. The van der Waals surface area contributed by atoms with Gasteiger partial charge in [-0.1, -0.05) is 58.0 Å². The van der Waals surface area contributed by atoms with Gasteiger partial charge in [-0.2, -0.15) is 0 Å². The Morgan fingerprint density at radius 1 is 1.15 bits per heavy atom. The number of hydrogen-bond donors (Lipinski definition) is 1. The molecule has 1 aromatic carbocycles. The highest BCUT2D eigenvalue weighted by molar-refractivity contribution is 5.94. The van der Waals surface area contributed by atoms with Crippen molar-refractivity contribution in [3.8, 4) is 0 Å². The standard InChI is InChI=1S/C20H27NO5/c1-5-15(21-18(24)25-13-14-9-7-6-8-10-14)16(22)26-17(23)20(11-12-20)19(2,3)4/h6-10,15H,5,11-13H2,1-4H3,(H,21,24)/t15-/m0/s1. The van der Waals surface area contributed by atoms with Crippen LogP contribution >= 0.6 is 0 Å². The first kappa shape index (κ1) is 19.9. The molecule has 1 amide bonds. The lowest BCUT2D eigenvalue weighted by Crippen LogP contribution is -2.44. The summed E-state index contributed by atoms with van der Waals surface area (Å²) in [5.74, 6) is -1.25. The van der Waals surface area contributed by atoms with Crippen molar-refractivity contribution >= 4 is 18.0 Å². The highest BCUT2D eigenvalue weighted by atomic mass is 16.6. The molecule has 1 fully saturated rings. The fourth-order valence-corrected chi connectivity index (χ4v) is 2.88. The van der Waals surface area contributed by atoms with Crippen molar-refractivity contribution in [2.45, 2.75) is 59.6 Å². The molecule has 0 spiro atoms. The van der Waals surface area contributed by atoms with E-state index in [1.165, 1.54) is 0 Å². The van der Waals surface area contributed by atoms with E-state index in [4.69, 9.17) is 9.47 Å². The summed E-state index contributed by atoms with van der Waals surface area (Å²) in [4.78, 5) is 36.6. The Morgan fingerprint density at radius 2 is 1.77 bits per heavy atom. The van der Waals surface area contributed by atoms with Crippen LogP contribution in [0.2, 0.25) is 0 Å². The lowest BCUT2D eigenvalue weighted by molar-refractivity contribution is -0.168. The van der Waals surface area contributed by atoms with E-state index >= 15 is 0 Å². The van der Waals surface area contributed by atoms with E-state index in [-0.39, 0.29) is 12.0 Å². The highest BCUT2D eigenvalue weighted by Gasteiger charge is 2.59. The number of benzene rings is 1. The molecule has 0 heterocycles. The van der Waals surface area contributed by atoms with Gasteiger partial charge in [0.2, 0.25) is 0 Å². The number of alkyl carbamates (subject to hydrolysis) is 1. The third-order valence-corrected chi connectivity index (χ3v) is 4.97. The number of nitrogens with one attached hydrogen (secondary N) is 1. The molecule has 2 rings (SSSR count). The topological polar surface area (TPSA) is 81.7 Å². The van der Waals surface area contributed by atoms with Crippen LogP contribution in [0.1, 0.15) is 52.5 Å². The second-order valence-corrected chi connectivity index (χ2v) is 7.71. The molecule has 1 atom stereocenters. The van der Waals surface area contributed by atoms with Crippen molar-refractivity contribution in [3.05, 3.63) is 35.9 Å². The Labute approximate surface area is 154 Å². The van der Waals surface area contributed by atoms with Gasteiger partial charge in [-0.15, -0.1) is 0 Å². The first-order valence-electron chi connectivity index (χ1n) is 8.93. The van der Waals surface area contributed by atoms with Gasteiger partial charge in [-0.25, -0.2) is 9.59 Å². The van der Waals surface area contributed by atoms with Gasteiger partial charge >= 0.3 is 18.0 Å². The van der Waals surface area contributed by atoms with Crippen molar-refractivity contribution in [1.29, 1.82) is 0 Å². The average Bonchev–Trinajstić information content (AvgIpc) is 3.40. The van der Waals surface area contributed by atoms with Crippen LogP contribution in [-0.4, -0.2) is 24.1 Å². The molecule has 1 saturated carbocycles. The largest absolute Gasteiger partial charge is 0.445 e. The van der Waals surface area contributed by atoms with Crippen LogP contribution in [-0.2, 0) is 25.7 Å². The molecule has 0 radical (unpaired) electrons. The van der Waals surface area contributed by atoms with Crippen molar-refractivity contribution < 1.29 is 23.9 Å². The second-order valence-electron chi connectivity index (χ2n) is 7.71. The smallest absolute Gasteiger partial charge is 0.408 e. The molecule has 0 bridgehead atoms. The normalized spacial score (nSPS) is 16.3. The van der Waals surface area contributed by atoms with Gasteiger partial charge < -0.3 is 14.8 Å². The molecule has 1 aliphatic carbocycles. The molecule has 1 aliphatic rings. The van der Waals surface area contributed by atoms with Crippen LogP contribution in [0.25, 0.3) is 0 Å². The van der Waals surface area contributed by atoms with E-state index in [1.807, 2.05) is 51.1 Å². The van der Waals surface area contributed by atoms with E-state index in [0.717, 1.165) is 5.56 Å². The lowest BCUT2D eigenvalue weighted by atomic mass is 9.77. The Bertz CT molecular complexity index is 659. The maximum atomic E-state index is 12.4. The fourth-order valence-electron chi connectivity index (χ4n) is 2.88. The quantitative estimate of drug-likeness (QED) is 0.618. The molecular formula is C20H27NO5. The number of rotatable bonds is 6. The minimum absolute atomic E-state index is 0.101. The predicted octanol–water partition coefficient (Wildman–Crippen LogP) is 3.59. The third-order valence-electron chi connectivity index (χ3n) is 4.97. The van der Waals surface area contributed by atoms with Crippen molar-refractivity contribution in [3.63, 3.8) is 0 Å². The number of ether oxygens (including phenoxy) is 2. The summed E-state index contributed by atoms with van der Waals surface area (Å²) in [7, 11) is 0. The maximum absolute atomic E-state index is 12.4. The fraction of sp³-hybridized carbons (Fsp3) is 0.550. The summed E-state index contributed by atoms with van der Waals surface area (Å²) in [5, 5.41) is 2.46. The Kier molecular flexibility index (Phi) is 6.05. The molecule has 0 unspecified atom stereocenters. The molecule has 0 aliphatic heterocycles. The summed E-state index contributed by atoms with van der Waals surface area (Å²) in [5.41, 5.74) is -0.0302. The van der Waals surface area contributed by atoms with Crippen molar-refractivity contribution in [2.75, 3.05) is 0 Å². The van der Waals surface area contributed by atoms with Gasteiger partial charge in [0.15, 0.2) is 0 Å². The summed E-state index contributed by atoms with van der Waals surface area (Å²) < 4.78 is 10.2. The molecule has 142 valence electrons. The number of hydrogen-bond acceptors (Lipinski definition) is 5. The molecular weight excluding hydrogens is 334 g/mol. The van der Waals surface area contributed by atoms with Gasteiger partial charge in [0, 0.05) is 0 Å². The number of carbonyl (C=O) groups excluding carboxylic acids is 3. The van der Waals surface area contributed by atoms with Gasteiger partial charge in [0.05, 0.1) is 5.41 Å². The molecule has 6 nitrogen and oxygen atoms in total. The van der Waals surface area contributed by atoms with Crippen molar-refractivity contribution in [2.24, 2.45) is 10.8 Å². The lowest BCUT2D eigenvalue weighted by Gasteiger charge is -2.28. The highest BCUT2D eigenvalue weighted by Crippen LogP contribution is 2.59. The van der Waals surface area contributed by atoms with Crippen LogP contribution in [0.15, 0.2) is 30.3 Å². The van der Waals surface area contributed by atoms with Crippen molar-refractivity contribution in [1.82, 2.24) is 5.32 Å². The molecule has 0 saturated heterocycles. The predicted molar refractivity (Wildman–Crippen MR) is 96.1 cm³/mol. The van der Waals surface area contributed by atoms with Gasteiger partial charge in [0.1, 0.15) is 12.6 Å². The zero-order valence-corrected chi connectivity index (χ0v) is 15.8. The minimum atomic E-state index is -0.919. The van der Waals surface area contributed by atoms with Crippen LogP contribution in [0.3, 0.4) is 0 Å². The molecule has 26 heavy (non-hydrogen) atoms. The third kappa shape index (κ3) is 4.62. The van der Waals surface area contributed by atoms with Gasteiger partial charge in [-0.05, 0) is 30.2 Å². The van der Waals surface area contributed by atoms with Gasteiger partial charge in [-0.3, -0.25) is 4.79 Å². The van der Waals surface area contributed by atoms with Gasteiger partial charge in [0.25, 0.3) is 0 Å². The number of esters is 2. The molecule has 0 aromatic heterocycles. The zero-order chi connectivity index (χ0) is 19.4. The zero-order valence-electron chi connectivity index (χ0n) is 15.8. The van der Waals surface area contributed by atoms with E-state index in [9.17, 15) is 14.4 Å². The summed E-state index contributed by atoms with van der Waals surface area (Å²) in [6.07, 6.45) is 1.01. The molecule has 1 N–H and O–H groups in total. The van der Waals surface area contributed by atoms with E-state index in [2.05, 4.69) is 5.32 Å². The van der Waals surface area contributed by atoms with Crippen LogP contribution in [0.5, 0.6) is 0 Å². The first-order valence-corrected chi connectivity index (χ1v) is 8.93. The average molecular weight is 361 g/mol. The Balaban J connectivity index is 1.86. The Hall–Kier alpha value is -2.37. The van der Waals surface area contributed by atoms with E-state index in [1.54, 1.807) is 6.92 Å². The molecule has 6 heteroatoms. The van der Waals surface area contributed by atoms with E-state index in [0.29, 0.717) is 19.3 Å². The van der Waals surface area contributed by atoms with Crippen LogP contribution < -0.4 is 5.32 Å². The monoisotopic (exact) mass is 361 g/mol. The van der Waals surface area contributed by atoms with Crippen LogP contribution in [0.4, 0.5) is 4.79 Å². The summed E-state index contributed by atoms with van der Waals surface area (Å²) in [6, 6.07) is 8.30. The second kappa shape index (κ2) is 7.89. The molecule has 1 aromatic rings. The number of amides is 1. The summed E-state index contributed by atoms with van der Waals surface area (Å²) >= 11 is 0. The maximum Gasteiger partial charge on any atom is 0.408 e. The van der Waals surface area contributed by atoms with Crippen LogP contribution in [0, 0.1) is 10.8 Å². The van der Waals surface area contributed by atoms with E-state index < -0.39 is 29.5 Å². The number of carbonyl (C=O) groups is 3. The minimum Gasteiger partial charge on any atom is -0.445 e. The SMILES string of the molecule is CC[C@H](NC(=O)OCc1ccccc1)C(=O)OC(=O)C1(C(C)(C)C)CC1. The Morgan fingerprint density at radius 3 is 2.27 bits per heavy atom.